The van der Waals surface area contributed by atoms with Crippen molar-refractivity contribution in [3.05, 3.63) is 89.4 Å². The van der Waals surface area contributed by atoms with Crippen LogP contribution in [0.1, 0.15) is 5.56 Å². The van der Waals surface area contributed by atoms with E-state index in [9.17, 15) is 14.5 Å². The van der Waals surface area contributed by atoms with Crippen LogP contribution in [0.2, 0.25) is 5.02 Å². The standard InChI is InChI=1S/C21H17ClNO5P/c1-23-19-13-12-15(22)14-18(19)21(25,20(23)24)29(26,27-16-8-4-2-5-9-16)28-17-10-6-3-7-11-17/h2-14,25H,1H3. The molecule has 3 aromatic rings. The van der Waals surface area contributed by atoms with Gasteiger partial charge in [-0.3, -0.25) is 4.79 Å². The van der Waals surface area contributed by atoms with Crippen molar-refractivity contribution in [2.24, 2.45) is 0 Å². The van der Waals surface area contributed by atoms with Gasteiger partial charge in [-0.15, -0.1) is 0 Å². The van der Waals surface area contributed by atoms with E-state index in [-0.39, 0.29) is 22.1 Å². The number of amides is 1. The second kappa shape index (κ2) is 7.23. The van der Waals surface area contributed by atoms with Crippen LogP contribution in [-0.4, -0.2) is 18.1 Å². The minimum Gasteiger partial charge on any atom is -0.414 e. The number of halogens is 1. The number of rotatable bonds is 5. The molecule has 0 fully saturated rings. The summed E-state index contributed by atoms with van der Waals surface area (Å²) in [4.78, 5) is 14.3. The number of aliphatic hydroxyl groups is 1. The number of fused-ring (bicyclic) bond motifs is 1. The van der Waals surface area contributed by atoms with Crippen molar-refractivity contribution in [1.29, 1.82) is 0 Å². The van der Waals surface area contributed by atoms with Crippen LogP contribution in [0.4, 0.5) is 5.69 Å². The lowest BCUT2D eigenvalue weighted by Gasteiger charge is -2.30. The Morgan fingerprint density at radius 2 is 1.45 bits per heavy atom. The van der Waals surface area contributed by atoms with E-state index in [4.69, 9.17) is 20.6 Å². The van der Waals surface area contributed by atoms with Crippen LogP contribution < -0.4 is 13.9 Å². The van der Waals surface area contributed by atoms with E-state index in [2.05, 4.69) is 0 Å². The fourth-order valence-corrected chi connectivity index (χ4v) is 5.32. The second-order valence-electron chi connectivity index (χ2n) is 6.50. The summed E-state index contributed by atoms with van der Waals surface area (Å²) < 4.78 is 25.5. The van der Waals surface area contributed by atoms with Crippen LogP contribution in [0.5, 0.6) is 11.5 Å². The largest absolute Gasteiger partial charge is 0.476 e. The molecule has 8 heteroatoms. The molecule has 3 aromatic carbocycles. The molecule has 1 amide bonds. The highest BCUT2D eigenvalue weighted by molar-refractivity contribution is 7.57. The highest BCUT2D eigenvalue weighted by Gasteiger charge is 2.66. The van der Waals surface area contributed by atoms with Gasteiger partial charge in [-0.1, -0.05) is 48.0 Å². The molecule has 1 aliphatic heterocycles. The van der Waals surface area contributed by atoms with Crippen molar-refractivity contribution in [3.63, 3.8) is 0 Å². The Morgan fingerprint density at radius 3 is 1.97 bits per heavy atom. The first-order chi connectivity index (χ1) is 13.8. The summed E-state index contributed by atoms with van der Waals surface area (Å²) >= 11 is 6.10. The van der Waals surface area contributed by atoms with Crippen molar-refractivity contribution in [1.82, 2.24) is 0 Å². The maximum absolute atomic E-state index is 14.1. The van der Waals surface area contributed by atoms with Gasteiger partial charge >= 0.3 is 7.60 Å². The van der Waals surface area contributed by atoms with E-state index < -0.39 is 18.8 Å². The Bertz CT molecular complexity index is 1060. The molecular formula is C21H17ClNO5P. The average Bonchev–Trinajstić information content (AvgIpc) is 2.91. The summed E-state index contributed by atoms with van der Waals surface area (Å²) in [5, 5.41) is 9.28. The Balaban J connectivity index is 1.90. The number of benzene rings is 3. The van der Waals surface area contributed by atoms with E-state index in [1.54, 1.807) is 72.8 Å². The number of para-hydroxylation sites is 2. The van der Waals surface area contributed by atoms with Crippen molar-refractivity contribution in [2.75, 3.05) is 11.9 Å². The fraction of sp³-hybridized carbons (Fsp3) is 0.0952. The van der Waals surface area contributed by atoms with Crippen LogP contribution in [0, 0.1) is 0 Å². The topological polar surface area (TPSA) is 76.1 Å². The summed E-state index contributed by atoms with van der Waals surface area (Å²) in [5.74, 6) is -0.456. The highest BCUT2D eigenvalue weighted by atomic mass is 35.5. The molecule has 0 aromatic heterocycles. The van der Waals surface area contributed by atoms with Gasteiger partial charge in [0.05, 0.1) is 5.69 Å². The highest BCUT2D eigenvalue weighted by Crippen LogP contribution is 2.66. The van der Waals surface area contributed by atoms with Gasteiger partial charge in [-0.2, -0.15) is 0 Å². The predicted molar refractivity (Wildman–Crippen MR) is 111 cm³/mol. The smallest absolute Gasteiger partial charge is 0.414 e. The SMILES string of the molecule is CN1C(=O)C(O)(P(=O)(Oc2ccccc2)Oc2ccccc2)c2cc(Cl)ccc21. The molecule has 1 heterocycles. The van der Waals surface area contributed by atoms with Crippen LogP contribution >= 0.6 is 19.2 Å². The summed E-state index contributed by atoms with van der Waals surface area (Å²) in [6.45, 7) is 0. The first kappa shape index (κ1) is 19.5. The van der Waals surface area contributed by atoms with Gasteiger partial charge in [0.1, 0.15) is 11.5 Å². The predicted octanol–water partition coefficient (Wildman–Crippen LogP) is 4.81. The Kier molecular flexibility index (Phi) is 4.87. The van der Waals surface area contributed by atoms with Crippen LogP contribution in [0.15, 0.2) is 78.9 Å². The zero-order chi connectivity index (χ0) is 20.6. The fourth-order valence-electron chi connectivity index (χ4n) is 3.19. The van der Waals surface area contributed by atoms with Crippen molar-refractivity contribution < 1.29 is 23.5 Å². The molecular weight excluding hydrogens is 413 g/mol. The lowest BCUT2D eigenvalue weighted by molar-refractivity contribution is -0.129. The minimum absolute atomic E-state index is 0.0627. The quantitative estimate of drug-likeness (QED) is 0.589. The monoisotopic (exact) mass is 429 g/mol. The Hall–Kier alpha value is -2.79. The summed E-state index contributed by atoms with van der Waals surface area (Å²) in [7, 11) is -3.09. The summed E-state index contributed by atoms with van der Waals surface area (Å²) in [5.41, 5.74) is 0.433. The van der Waals surface area contributed by atoms with Gasteiger partial charge < -0.3 is 19.1 Å². The minimum atomic E-state index is -4.56. The number of carbonyl (C=O) groups excluding carboxylic acids is 1. The molecule has 0 spiro atoms. The van der Waals surface area contributed by atoms with Crippen molar-refractivity contribution >= 4 is 30.8 Å². The van der Waals surface area contributed by atoms with Crippen molar-refractivity contribution in [2.45, 2.75) is 5.34 Å². The maximum Gasteiger partial charge on any atom is 0.476 e. The number of anilines is 1. The van der Waals surface area contributed by atoms with Crippen LogP contribution in [0.3, 0.4) is 0 Å². The molecule has 0 aliphatic carbocycles. The first-order valence-corrected chi connectivity index (χ1v) is 10.7. The maximum atomic E-state index is 14.1. The molecule has 4 rings (SSSR count). The number of hydrogen-bond donors (Lipinski definition) is 1. The molecule has 1 N–H and O–H groups in total. The average molecular weight is 430 g/mol. The van der Waals surface area contributed by atoms with E-state index >= 15 is 0 Å². The molecule has 6 nitrogen and oxygen atoms in total. The van der Waals surface area contributed by atoms with E-state index in [1.165, 1.54) is 18.0 Å². The second-order valence-corrected chi connectivity index (χ2v) is 8.95. The molecule has 1 unspecified atom stereocenters. The summed E-state index contributed by atoms with van der Waals surface area (Å²) in [6, 6.07) is 21.0. The lowest BCUT2D eigenvalue weighted by Crippen LogP contribution is -2.41. The van der Waals surface area contributed by atoms with Crippen LogP contribution in [-0.2, 0) is 14.7 Å². The number of carbonyl (C=O) groups is 1. The normalized spacial score (nSPS) is 18.4. The van der Waals surface area contributed by atoms with E-state index in [0.29, 0.717) is 5.69 Å². The van der Waals surface area contributed by atoms with E-state index in [0.717, 1.165) is 0 Å². The molecule has 1 atom stereocenters. The molecule has 0 radical (unpaired) electrons. The van der Waals surface area contributed by atoms with Crippen molar-refractivity contribution in [3.8, 4) is 11.5 Å². The lowest BCUT2D eigenvalue weighted by atomic mass is 10.1. The molecule has 29 heavy (non-hydrogen) atoms. The Morgan fingerprint density at radius 1 is 0.931 bits per heavy atom. The molecule has 0 bridgehead atoms. The third kappa shape index (κ3) is 3.19. The van der Waals surface area contributed by atoms with Gasteiger partial charge in [0, 0.05) is 17.6 Å². The Labute approximate surface area is 172 Å². The van der Waals surface area contributed by atoms with E-state index in [1.807, 2.05) is 0 Å². The molecule has 1 aliphatic rings. The molecule has 0 saturated heterocycles. The number of hydrogen-bond acceptors (Lipinski definition) is 5. The zero-order valence-electron chi connectivity index (χ0n) is 15.4. The summed E-state index contributed by atoms with van der Waals surface area (Å²) in [6.07, 6.45) is 0. The van der Waals surface area contributed by atoms with Gasteiger partial charge in [-0.05, 0) is 42.5 Å². The van der Waals surface area contributed by atoms with Gasteiger partial charge in [0.2, 0.25) is 0 Å². The zero-order valence-corrected chi connectivity index (χ0v) is 17.0. The molecule has 148 valence electrons. The molecule has 0 saturated carbocycles. The number of likely N-dealkylation sites (N-methyl/N-ethyl adjacent to an activating group) is 1. The van der Waals surface area contributed by atoms with Gasteiger partial charge in [-0.25, -0.2) is 4.57 Å². The van der Waals surface area contributed by atoms with Gasteiger partial charge in [0.25, 0.3) is 11.2 Å². The van der Waals surface area contributed by atoms with Crippen LogP contribution in [0.25, 0.3) is 0 Å². The third-order valence-electron chi connectivity index (χ3n) is 4.63. The first-order valence-electron chi connectivity index (χ1n) is 8.75. The number of nitrogens with zero attached hydrogens (tertiary/aromatic N) is 1. The third-order valence-corrected chi connectivity index (χ3v) is 6.99. The van der Waals surface area contributed by atoms with Gasteiger partial charge in [0.15, 0.2) is 0 Å².